The normalized spacial score (nSPS) is 23.9. The molecule has 3 heteroatoms. The van der Waals surface area contributed by atoms with Crippen molar-refractivity contribution >= 4 is 0 Å². The minimum Gasteiger partial charge on any atom is -0.497 e. The second-order valence-electron chi connectivity index (χ2n) is 5.36. The summed E-state index contributed by atoms with van der Waals surface area (Å²) in [4.78, 5) is 0. The fourth-order valence-corrected chi connectivity index (χ4v) is 2.72. The average molecular weight is 263 g/mol. The smallest absolute Gasteiger partial charge is 0.118 e. The van der Waals surface area contributed by atoms with E-state index >= 15 is 0 Å². The van der Waals surface area contributed by atoms with Crippen LogP contribution in [0.25, 0.3) is 0 Å². The second-order valence-corrected chi connectivity index (χ2v) is 5.36. The van der Waals surface area contributed by atoms with Crippen LogP contribution in [0.5, 0.6) is 5.75 Å². The van der Waals surface area contributed by atoms with Gasteiger partial charge in [0.2, 0.25) is 0 Å². The van der Waals surface area contributed by atoms with Gasteiger partial charge in [0.15, 0.2) is 0 Å². The summed E-state index contributed by atoms with van der Waals surface area (Å²) >= 11 is 0. The summed E-state index contributed by atoms with van der Waals surface area (Å²) in [6.45, 7) is 0.925. The molecule has 0 aromatic heterocycles. The number of aliphatic hydroxyl groups is 1. The summed E-state index contributed by atoms with van der Waals surface area (Å²) in [6, 6.07) is 8.47. The van der Waals surface area contributed by atoms with E-state index in [-0.39, 0.29) is 12.1 Å². The molecule has 0 aliphatic heterocycles. The van der Waals surface area contributed by atoms with E-state index in [0.29, 0.717) is 0 Å². The first-order valence-corrected chi connectivity index (χ1v) is 7.34. The largest absolute Gasteiger partial charge is 0.497 e. The minimum atomic E-state index is -0.168. The molecule has 0 heterocycles. The van der Waals surface area contributed by atoms with Crippen LogP contribution in [0.2, 0.25) is 0 Å². The monoisotopic (exact) mass is 263 g/mol. The third kappa shape index (κ3) is 4.51. The van der Waals surface area contributed by atoms with Crippen molar-refractivity contribution in [3.8, 4) is 5.75 Å². The lowest BCUT2D eigenvalue weighted by molar-refractivity contribution is 0.120. The fourth-order valence-electron chi connectivity index (χ4n) is 2.72. The quantitative estimate of drug-likeness (QED) is 0.802. The third-order valence-electron chi connectivity index (χ3n) is 3.96. The van der Waals surface area contributed by atoms with Gasteiger partial charge in [0, 0.05) is 6.04 Å². The predicted molar refractivity (Wildman–Crippen MR) is 77.6 cm³/mol. The zero-order valence-corrected chi connectivity index (χ0v) is 11.8. The molecular formula is C16H25NO2. The molecule has 1 saturated carbocycles. The van der Waals surface area contributed by atoms with Gasteiger partial charge in [-0.25, -0.2) is 0 Å². The number of benzene rings is 1. The molecule has 2 unspecified atom stereocenters. The Morgan fingerprint density at radius 1 is 1.16 bits per heavy atom. The van der Waals surface area contributed by atoms with Crippen molar-refractivity contribution in [3.05, 3.63) is 29.8 Å². The van der Waals surface area contributed by atoms with Crippen molar-refractivity contribution in [2.45, 2.75) is 50.7 Å². The summed E-state index contributed by atoms with van der Waals surface area (Å²) in [5, 5.41) is 13.5. The minimum absolute atomic E-state index is 0.168. The lowest BCUT2D eigenvalue weighted by atomic mass is 10.1. The molecule has 0 spiro atoms. The van der Waals surface area contributed by atoms with Gasteiger partial charge in [-0.2, -0.15) is 0 Å². The highest BCUT2D eigenvalue weighted by molar-refractivity contribution is 5.27. The fraction of sp³-hybridized carbons (Fsp3) is 0.625. The van der Waals surface area contributed by atoms with Crippen molar-refractivity contribution in [3.63, 3.8) is 0 Å². The van der Waals surface area contributed by atoms with E-state index in [2.05, 4.69) is 17.4 Å². The lowest BCUT2D eigenvalue weighted by Crippen LogP contribution is -2.40. The number of hydrogen-bond acceptors (Lipinski definition) is 3. The van der Waals surface area contributed by atoms with Crippen LogP contribution >= 0.6 is 0 Å². The Labute approximate surface area is 116 Å². The maximum Gasteiger partial charge on any atom is 0.118 e. The standard InChI is InChI=1S/C16H25NO2/c1-19-14-9-7-13(8-10-14)11-12-17-15-5-3-2-4-6-16(15)18/h7-10,15-18H,2-6,11-12H2,1H3. The van der Waals surface area contributed by atoms with Crippen LogP contribution in [0, 0.1) is 0 Å². The highest BCUT2D eigenvalue weighted by atomic mass is 16.5. The Balaban J connectivity index is 1.75. The van der Waals surface area contributed by atoms with Gasteiger partial charge in [0.1, 0.15) is 5.75 Å². The second kappa shape index (κ2) is 7.51. The van der Waals surface area contributed by atoms with Gasteiger partial charge in [-0.3, -0.25) is 0 Å². The highest BCUT2D eigenvalue weighted by Crippen LogP contribution is 2.18. The molecule has 0 amide bonds. The predicted octanol–water partition coefficient (Wildman–Crippen LogP) is 2.52. The molecule has 19 heavy (non-hydrogen) atoms. The molecule has 0 bridgehead atoms. The van der Waals surface area contributed by atoms with Gasteiger partial charge in [0.25, 0.3) is 0 Å². The van der Waals surface area contributed by atoms with Gasteiger partial charge >= 0.3 is 0 Å². The zero-order chi connectivity index (χ0) is 13.5. The Hall–Kier alpha value is -1.06. The van der Waals surface area contributed by atoms with Crippen LogP contribution in [0.3, 0.4) is 0 Å². The Bertz CT molecular complexity index is 364. The van der Waals surface area contributed by atoms with E-state index in [4.69, 9.17) is 4.74 Å². The van der Waals surface area contributed by atoms with Crippen LogP contribution in [-0.4, -0.2) is 30.9 Å². The molecule has 3 nitrogen and oxygen atoms in total. The van der Waals surface area contributed by atoms with E-state index in [1.165, 1.54) is 18.4 Å². The molecule has 2 rings (SSSR count). The molecule has 0 saturated heterocycles. The van der Waals surface area contributed by atoms with Crippen molar-refractivity contribution in [1.29, 1.82) is 0 Å². The van der Waals surface area contributed by atoms with Crippen molar-refractivity contribution in [2.24, 2.45) is 0 Å². The summed E-state index contributed by atoms with van der Waals surface area (Å²) < 4.78 is 5.15. The summed E-state index contributed by atoms with van der Waals surface area (Å²) in [7, 11) is 1.68. The lowest BCUT2D eigenvalue weighted by Gasteiger charge is -2.21. The maximum atomic E-state index is 10.0. The van der Waals surface area contributed by atoms with Crippen molar-refractivity contribution in [2.75, 3.05) is 13.7 Å². The number of aliphatic hydroxyl groups excluding tert-OH is 1. The van der Waals surface area contributed by atoms with Crippen LogP contribution < -0.4 is 10.1 Å². The number of hydrogen-bond donors (Lipinski definition) is 2. The summed E-state index contributed by atoms with van der Waals surface area (Å²) in [5.41, 5.74) is 1.30. The Morgan fingerprint density at radius 3 is 2.63 bits per heavy atom. The van der Waals surface area contributed by atoms with Gasteiger partial charge in [0.05, 0.1) is 13.2 Å². The molecule has 1 aliphatic carbocycles. The van der Waals surface area contributed by atoms with Crippen LogP contribution in [0.4, 0.5) is 0 Å². The first-order chi connectivity index (χ1) is 9.29. The molecule has 106 valence electrons. The molecule has 2 atom stereocenters. The number of methoxy groups -OCH3 is 1. The van der Waals surface area contributed by atoms with Crippen LogP contribution in [0.1, 0.15) is 37.7 Å². The van der Waals surface area contributed by atoms with Gasteiger partial charge in [-0.05, 0) is 43.5 Å². The average Bonchev–Trinajstić information content (AvgIpc) is 2.65. The molecule has 1 aromatic carbocycles. The maximum absolute atomic E-state index is 10.0. The molecule has 2 N–H and O–H groups in total. The summed E-state index contributed by atoms with van der Waals surface area (Å²) in [6.07, 6.45) is 6.53. The first kappa shape index (κ1) is 14.4. The molecule has 1 fully saturated rings. The van der Waals surface area contributed by atoms with E-state index in [9.17, 15) is 5.11 Å². The van der Waals surface area contributed by atoms with E-state index < -0.39 is 0 Å². The molecular weight excluding hydrogens is 238 g/mol. The van der Waals surface area contributed by atoms with Crippen molar-refractivity contribution < 1.29 is 9.84 Å². The van der Waals surface area contributed by atoms with Gasteiger partial charge in [-0.15, -0.1) is 0 Å². The highest BCUT2D eigenvalue weighted by Gasteiger charge is 2.20. The number of nitrogens with one attached hydrogen (secondary N) is 1. The van der Waals surface area contributed by atoms with Crippen molar-refractivity contribution in [1.82, 2.24) is 5.32 Å². The molecule has 0 radical (unpaired) electrons. The summed E-state index contributed by atoms with van der Waals surface area (Å²) in [5.74, 6) is 0.899. The molecule has 1 aliphatic rings. The topological polar surface area (TPSA) is 41.5 Å². The third-order valence-corrected chi connectivity index (χ3v) is 3.96. The SMILES string of the molecule is COc1ccc(CCNC2CCCCCC2O)cc1. The van der Waals surface area contributed by atoms with Crippen LogP contribution in [0.15, 0.2) is 24.3 Å². The number of rotatable bonds is 5. The van der Waals surface area contributed by atoms with Gasteiger partial charge in [-0.1, -0.05) is 31.4 Å². The van der Waals surface area contributed by atoms with E-state index in [1.54, 1.807) is 7.11 Å². The number of ether oxygens (including phenoxy) is 1. The Morgan fingerprint density at radius 2 is 1.89 bits per heavy atom. The zero-order valence-electron chi connectivity index (χ0n) is 11.8. The Kier molecular flexibility index (Phi) is 5.67. The van der Waals surface area contributed by atoms with E-state index in [0.717, 1.165) is 38.0 Å². The first-order valence-electron chi connectivity index (χ1n) is 7.34. The van der Waals surface area contributed by atoms with Gasteiger partial charge < -0.3 is 15.2 Å². The van der Waals surface area contributed by atoms with Crippen LogP contribution in [-0.2, 0) is 6.42 Å². The van der Waals surface area contributed by atoms with E-state index in [1.807, 2.05) is 12.1 Å². The molecule has 1 aromatic rings.